The Balaban J connectivity index is 1.61. The summed E-state index contributed by atoms with van der Waals surface area (Å²) >= 11 is 6.50. The Morgan fingerprint density at radius 2 is 1.26 bits per heavy atom. The number of rotatable bonds is 4. The summed E-state index contributed by atoms with van der Waals surface area (Å²) in [4.78, 5) is 2.33. The smallest absolute Gasteiger partial charge is 0.0540 e. The van der Waals surface area contributed by atoms with Gasteiger partial charge >= 0.3 is 0 Å². The molecule has 5 aromatic carbocycles. The van der Waals surface area contributed by atoms with Crippen molar-refractivity contribution in [1.29, 1.82) is 0 Å². The van der Waals surface area contributed by atoms with E-state index in [0.717, 1.165) is 34.9 Å². The van der Waals surface area contributed by atoms with E-state index in [1.54, 1.807) is 0 Å². The molecule has 0 heterocycles. The second kappa shape index (κ2) is 8.85. The van der Waals surface area contributed by atoms with Gasteiger partial charge < -0.3 is 4.90 Å². The van der Waals surface area contributed by atoms with Crippen LogP contribution < -0.4 is 4.90 Å². The summed E-state index contributed by atoms with van der Waals surface area (Å²) in [7, 11) is 0. The number of anilines is 2. The second-order valence-corrected chi connectivity index (χ2v) is 9.12. The highest BCUT2D eigenvalue weighted by Gasteiger charge is 2.19. The van der Waals surface area contributed by atoms with E-state index < -0.39 is 0 Å². The Hall–Kier alpha value is -3.81. The predicted molar refractivity (Wildman–Crippen MR) is 147 cm³/mol. The van der Waals surface area contributed by atoms with Crippen LogP contribution in [0.1, 0.15) is 12.8 Å². The maximum absolute atomic E-state index is 6.50. The van der Waals surface area contributed by atoms with Gasteiger partial charge in [-0.05, 0) is 64.4 Å². The zero-order valence-corrected chi connectivity index (χ0v) is 19.5. The quantitative estimate of drug-likeness (QED) is 0.259. The highest BCUT2D eigenvalue weighted by Crippen LogP contribution is 2.42. The normalized spacial score (nSPS) is 13.6. The Bertz CT molecular complexity index is 1560. The molecule has 0 fully saturated rings. The van der Waals surface area contributed by atoms with E-state index in [0.29, 0.717) is 0 Å². The molecule has 6 rings (SSSR count). The highest BCUT2D eigenvalue weighted by molar-refractivity contribution is 6.29. The Morgan fingerprint density at radius 1 is 0.588 bits per heavy atom. The zero-order chi connectivity index (χ0) is 22.9. The van der Waals surface area contributed by atoms with Gasteiger partial charge in [-0.2, -0.15) is 0 Å². The van der Waals surface area contributed by atoms with Gasteiger partial charge in [0.1, 0.15) is 0 Å². The topological polar surface area (TPSA) is 3.24 Å². The lowest BCUT2D eigenvalue weighted by molar-refractivity contribution is 0.981. The van der Waals surface area contributed by atoms with Crippen molar-refractivity contribution in [2.45, 2.75) is 12.8 Å². The number of allylic oxidation sites excluding steroid dienone is 3. The van der Waals surface area contributed by atoms with Crippen LogP contribution in [0.2, 0.25) is 0 Å². The number of benzene rings is 5. The van der Waals surface area contributed by atoms with Gasteiger partial charge in [-0.1, -0.05) is 109 Å². The first-order valence-corrected chi connectivity index (χ1v) is 12.1. The molecule has 0 spiro atoms. The molecule has 0 aliphatic heterocycles. The molecule has 0 saturated carbocycles. The molecule has 0 saturated heterocycles. The molecule has 0 amide bonds. The van der Waals surface area contributed by atoms with Crippen LogP contribution in [0.5, 0.6) is 0 Å². The highest BCUT2D eigenvalue weighted by atomic mass is 35.5. The maximum atomic E-state index is 6.50. The molecular formula is C32H24ClN. The molecule has 164 valence electrons. The first-order valence-electron chi connectivity index (χ1n) is 11.7. The summed E-state index contributed by atoms with van der Waals surface area (Å²) in [5.74, 6) is 0. The lowest BCUT2D eigenvalue weighted by Gasteiger charge is -2.29. The molecule has 0 unspecified atom stereocenters. The molecule has 1 aliphatic rings. The largest absolute Gasteiger partial charge is 0.310 e. The Kier molecular flexibility index (Phi) is 5.41. The van der Waals surface area contributed by atoms with Gasteiger partial charge in [0.25, 0.3) is 0 Å². The Morgan fingerprint density at radius 3 is 2.09 bits per heavy atom. The van der Waals surface area contributed by atoms with Gasteiger partial charge in [-0.15, -0.1) is 0 Å². The van der Waals surface area contributed by atoms with Crippen molar-refractivity contribution < 1.29 is 0 Å². The molecule has 1 nitrogen and oxygen atoms in total. The third-order valence-electron chi connectivity index (χ3n) is 6.54. The fourth-order valence-corrected chi connectivity index (χ4v) is 5.20. The molecule has 34 heavy (non-hydrogen) atoms. The average Bonchev–Trinajstić information content (AvgIpc) is 2.89. The third-order valence-corrected chi connectivity index (χ3v) is 6.83. The predicted octanol–water partition coefficient (Wildman–Crippen LogP) is 9.60. The Labute approximate surface area is 205 Å². The van der Waals surface area contributed by atoms with Gasteiger partial charge in [0.15, 0.2) is 0 Å². The number of hydrogen-bond donors (Lipinski definition) is 0. The summed E-state index contributed by atoms with van der Waals surface area (Å²) in [5.41, 5.74) is 5.90. The van der Waals surface area contributed by atoms with Gasteiger partial charge in [-0.3, -0.25) is 0 Å². The third kappa shape index (κ3) is 3.69. The van der Waals surface area contributed by atoms with Crippen LogP contribution in [0.25, 0.3) is 32.7 Å². The van der Waals surface area contributed by atoms with E-state index in [4.69, 9.17) is 11.6 Å². The lowest BCUT2D eigenvalue weighted by Crippen LogP contribution is -2.17. The average molecular weight is 458 g/mol. The summed E-state index contributed by atoms with van der Waals surface area (Å²) in [5, 5.41) is 5.88. The molecule has 0 radical (unpaired) electrons. The van der Waals surface area contributed by atoms with E-state index in [2.05, 4.69) is 126 Å². The summed E-state index contributed by atoms with van der Waals surface area (Å²) in [6, 6.07) is 38.9. The SMILES string of the molecule is ClC1=CC(N(c2ccccc2)c2ccc(-c3cccc4ccccc34)c3ccccc23)=CCC1. The van der Waals surface area contributed by atoms with Crippen LogP contribution >= 0.6 is 11.6 Å². The van der Waals surface area contributed by atoms with Gasteiger partial charge in [0.05, 0.1) is 5.69 Å². The van der Waals surface area contributed by atoms with Gasteiger partial charge in [-0.25, -0.2) is 0 Å². The molecule has 0 atom stereocenters. The number of halogens is 1. The minimum Gasteiger partial charge on any atom is -0.310 e. The van der Waals surface area contributed by atoms with E-state index in [9.17, 15) is 0 Å². The van der Waals surface area contributed by atoms with Crippen LogP contribution in [-0.4, -0.2) is 0 Å². The van der Waals surface area contributed by atoms with E-state index >= 15 is 0 Å². The van der Waals surface area contributed by atoms with Crippen LogP contribution in [0.15, 0.2) is 132 Å². The van der Waals surface area contributed by atoms with Gasteiger partial charge in [0, 0.05) is 21.8 Å². The van der Waals surface area contributed by atoms with Crippen molar-refractivity contribution in [1.82, 2.24) is 0 Å². The second-order valence-electron chi connectivity index (χ2n) is 8.63. The molecule has 5 aromatic rings. The van der Waals surface area contributed by atoms with Crippen LogP contribution in [0.3, 0.4) is 0 Å². The first-order chi connectivity index (χ1) is 16.8. The number of hydrogen-bond acceptors (Lipinski definition) is 1. The zero-order valence-electron chi connectivity index (χ0n) is 18.8. The number of para-hydroxylation sites is 1. The fraction of sp³-hybridized carbons (Fsp3) is 0.0625. The first kappa shape index (κ1) is 20.8. The van der Waals surface area contributed by atoms with E-state index in [-0.39, 0.29) is 0 Å². The van der Waals surface area contributed by atoms with Crippen molar-refractivity contribution in [3.05, 3.63) is 132 Å². The van der Waals surface area contributed by atoms with Crippen molar-refractivity contribution in [3.8, 4) is 11.1 Å². The van der Waals surface area contributed by atoms with Crippen LogP contribution in [0.4, 0.5) is 11.4 Å². The lowest BCUT2D eigenvalue weighted by atomic mass is 9.93. The monoisotopic (exact) mass is 457 g/mol. The summed E-state index contributed by atoms with van der Waals surface area (Å²) in [6.45, 7) is 0. The molecule has 0 N–H and O–H groups in total. The van der Waals surface area contributed by atoms with Crippen molar-refractivity contribution in [2.24, 2.45) is 0 Å². The summed E-state index contributed by atoms with van der Waals surface area (Å²) < 4.78 is 0. The van der Waals surface area contributed by atoms with E-state index in [1.807, 2.05) is 0 Å². The molecule has 1 aliphatic carbocycles. The van der Waals surface area contributed by atoms with Crippen molar-refractivity contribution in [2.75, 3.05) is 4.90 Å². The van der Waals surface area contributed by atoms with Crippen LogP contribution in [-0.2, 0) is 0 Å². The number of nitrogens with zero attached hydrogens (tertiary/aromatic N) is 1. The maximum Gasteiger partial charge on any atom is 0.0540 e. The minimum atomic E-state index is 0.897. The number of fused-ring (bicyclic) bond motifs is 2. The molecule has 2 heteroatoms. The van der Waals surface area contributed by atoms with Gasteiger partial charge in [0.2, 0.25) is 0 Å². The standard InChI is InChI=1S/C32H24ClN/c33-24-12-9-15-26(22-24)34(25-13-2-1-3-14-25)32-21-20-30(29-17-6-7-18-31(29)32)28-19-8-11-23-10-4-5-16-27(23)28/h1-8,10-11,13-22H,9,12H2. The molecular weight excluding hydrogens is 434 g/mol. The van der Waals surface area contributed by atoms with Crippen LogP contribution in [0, 0.1) is 0 Å². The fourth-order valence-electron chi connectivity index (χ4n) is 4.98. The molecule has 0 bridgehead atoms. The van der Waals surface area contributed by atoms with Crippen molar-refractivity contribution in [3.63, 3.8) is 0 Å². The van der Waals surface area contributed by atoms with Crippen molar-refractivity contribution >= 4 is 44.5 Å². The molecule has 0 aromatic heterocycles. The summed E-state index contributed by atoms with van der Waals surface area (Å²) in [6.07, 6.45) is 6.23. The minimum absolute atomic E-state index is 0.897. The van der Waals surface area contributed by atoms with E-state index in [1.165, 1.54) is 32.7 Å².